The molecule has 0 amide bonds. The number of rotatable bonds is 3. The summed E-state index contributed by atoms with van der Waals surface area (Å²) in [6, 6.07) is 18.6. The van der Waals surface area contributed by atoms with Crippen molar-refractivity contribution in [3.63, 3.8) is 0 Å². The lowest BCUT2D eigenvalue weighted by Gasteiger charge is -2.38. The molecule has 6 nitrogen and oxygen atoms in total. The van der Waals surface area contributed by atoms with Crippen LogP contribution in [0.2, 0.25) is 0 Å². The molecule has 30 heavy (non-hydrogen) atoms. The molecule has 3 aromatic carbocycles. The van der Waals surface area contributed by atoms with Crippen molar-refractivity contribution in [3.05, 3.63) is 82.9 Å². The third-order valence-corrected chi connectivity index (χ3v) is 5.65. The van der Waals surface area contributed by atoms with Crippen LogP contribution in [-0.4, -0.2) is 28.0 Å². The number of hydrogen-bond donors (Lipinski definition) is 2. The van der Waals surface area contributed by atoms with Crippen LogP contribution in [-0.2, 0) is 0 Å². The molecule has 0 aromatic heterocycles. The molecule has 2 heterocycles. The third-order valence-electron chi connectivity index (χ3n) is 5.65. The maximum absolute atomic E-state index is 10.4. The highest BCUT2D eigenvalue weighted by Gasteiger charge is 2.41. The Kier molecular flexibility index (Phi) is 4.28. The lowest BCUT2D eigenvalue weighted by atomic mass is 9.95. The summed E-state index contributed by atoms with van der Waals surface area (Å²) >= 11 is 0. The zero-order valence-corrected chi connectivity index (χ0v) is 16.7. The Morgan fingerprint density at radius 1 is 1.03 bits per heavy atom. The summed E-state index contributed by atoms with van der Waals surface area (Å²) in [5.74, 6) is 1.48. The van der Waals surface area contributed by atoms with Crippen LogP contribution in [0.1, 0.15) is 40.9 Å². The zero-order chi connectivity index (χ0) is 20.8. The molecule has 2 N–H and O–H groups in total. The van der Waals surface area contributed by atoms with E-state index in [0.717, 1.165) is 33.7 Å². The van der Waals surface area contributed by atoms with E-state index >= 15 is 0 Å². The standard InChI is InChI=1S/C24H22N2O4/c1-14-7-9-20(27)17(11-14)18-13-19-16-5-3-4-6-22(16)30-24(26(19)25-18)15-8-10-21(28)23(12-15)29-2/h3-12,19,24,27-28H,13H2,1-2H3. The Hall–Kier alpha value is -3.67. The fourth-order valence-corrected chi connectivity index (χ4v) is 4.15. The quantitative estimate of drug-likeness (QED) is 0.667. The lowest BCUT2D eigenvalue weighted by Crippen LogP contribution is -2.33. The van der Waals surface area contributed by atoms with Crippen LogP contribution in [0.5, 0.6) is 23.0 Å². The largest absolute Gasteiger partial charge is 0.507 e. The van der Waals surface area contributed by atoms with Crippen LogP contribution in [0, 0.1) is 6.92 Å². The molecule has 152 valence electrons. The number of hydrazone groups is 1. The van der Waals surface area contributed by atoms with Gasteiger partial charge in [-0.05, 0) is 43.3 Å². The Labute approximate surface area is 174 Å². The number of nitrogens with zero attached hydrogens (tertiary/aromatic N) is 2. The van der Waals surface area contributed by atoms with Crippen LogP contribution < -0.4 is 9.47 Å². The van der Waals surface area contributed by atoms with Crippen LogP contribution >= 0.6 is 0 Å². The molecular weight excluding hydrogens is 380 g/mol. The molecule has 0 saturated carbocycles. The number of para-hydroxylation sites is 1. The Morgan fingerprint density at radius 2 is 1.83 bits per heavy atom. The maximum Gasteiger partial charge on any atom is 0.214 e. The summed E-state index contributed by atoms with van der Waals surface area (Å²) in [4.78, 5) is 0. The van der Waals surface area contributed by atoms with Crippen molar-refractivity contribution in [2.24, 2.45) is 5.10 Å². The van der Waals surface area contributed by atoms with E-state index in [4.69, 9.17) is 14.6 Å². The van der Waals surface area contributed by atoms with Gasteiger partial charge in [-0.25, -0.2) is 5.01 Å². The molecule has 0 fully saturated rings. The van der Waals surface area contributed by atoms with Gasteiger partial charge in [0.15, 0.2) is 11.5 Å². The number of benzene rings is 3. The van der Waals surface area contributed by atoms with Gasteiger partial charge in [-0.2, -0.15) is 5.10 Å². The molecule has 2 aliphatic rings. The van der Waals surface area contributed by atoms with Gasteiger partial charge in [-0.15, -0.1) is 0 Å². The summed E-state index contributed by atoms with van der Waals surface area (Å²) in [5.41, 5.74) is 4.50. The van der Waals surface area contributed by atoms with Crippen molar-refractivity contribution < 1.29 is 19.7 Å². The number of methoxy groups -OCH3 is 1. The van der Waals surface area contributed by atoms with Gasteiger partial charge < -0.3 is 19.7 Å². The topological polar surface area (TPSA) is 74.5 Å². The molecule has 2 atom stereocenters. The molecule has 6 heteroatoms. The number of phenolic OH excluding ortho intramolecular Hbond substituents is 2. The first-order chi connectivity index (χ1) is 14.5. The fourth-order valence-electron chi connectivity index (χ4n) is 4.15. The maximum atomic E-state index is 10.4. The number of ether oxygens (including phenoxy) is 2. The van der Waals surface area contributed by atoms with Gasteiger partial charge >= 0.3 is 0 Å². The second kappa shape index (κ2) is 6.99. The van der Waals surface area contributed by atoms with Gasteiger partial charge in [0.25, 0.3) is 0 Å². The van der Waals surface area contributed by atoms with E-state index in [1.54, 1.807) is 18.2 Å². The first kappa shape index (κ1) is 18.4. The molecule has 0 bridgehead atoms. The van der Waals surface area contributed by atoms with Crippen molar-refractivity contribution in [2.75, 3.05) is 7.11 Å². The minimum Gasteiger partial charge on any atom is -0.507 e. The molecule has 0 saturated heterocycles. The number of phenols is 2. The minimum atomic E-state index is -0.483. The highest BCUT2D eigenvalue weighted by atomic mass is 16.5. The number of aryl methyl sites for hydroxylation is 1. The molecule has 0 radical (unpaired) electrons. The van der Waals surface area contributed by atoms with Gasteiger partial charge in [0.1, 0.15) is 11.5 Å². The van der Waals surface area contributed by atoms with E-state index in [1.165, 1.54) is 7.11 Å². The minimum absolute atomic E-state index is 0.0188. The van der Waals surface area contributed by atoms with Crippen LogP contribution in [0.3, 0.4) is 0 Å². The number of fused-ring (bicyclic) bond motifs is 3. The van der Waals surface area contributed by atoms with Gasteiger partial charge in [0, 0.05) is 23.1 Å². The zero-order valence-electron chi connectivity index (χ0n) is 16.7. The lowest BCUT2D eigenvalue weighted by molar-refractivity contribution is -0.0191. The first-order valence-corrected chi connectivity index (χ1v) is 9.83. The predicted molar refractivity (Wildman–Crippen MR) is 113 cm³/mol. The van der Waals surface area contributed by atoms with E-state index in [1.807, 2.05) is 48.3 Å². The molecule has 2 unspecified atom stereocenters. The van der Waals surface area contributed by atoms with E-state index in [-0.39, 0.29) is 17.5 Å². The average molecular weight is 402 g/mol. The van der Waals surface area contributed by atoms with Crippen LogP contribution in [0.25, 0.3) is 0 Å². The first-order valence-electron chi connectivity index (χ1n) is 9.83. The third kappa shape index (κ3) is 2.92. The highest BCUT2D eigenvalue weighted by Crippen LogP contribution is 2.48. The molecule has 5 rings (SSSR count). The summed E-state index contributed by atoms with van der Waals surface area (Å²) in [7, 11) is 1.52. The molecular formula is C24H22N2O4. The van der Waals surface area contributed by atoms with Crippen LogP contribution in [0.4, 0.5) is 0 Å². The summed E-state index contributed by atoms with van der Waals surface area (Å²) in [5, 5.41) is 27.2. The molecule has 0 aliphatic carbocycles. The number of hydrogen-bond acceptors (Lipinski definition) is 6. The van der Waals surface area contributed by atoms with Crippen LogP contribution in [0.15, 0.2) is 65.8 Å². The monoisotopic (exact) mass is 402 g/mol. The van der Waals surface area contributed by atoms with Crippen molar-refractivity contribution >= 4 is 5.71 Å². The second-order valence-electron chi connectivity index (χ2n) is 7.61. The van der Waals surface area contributed by atoms with Gasteiger partial charge in [-0.3, -0.25) is 0 Å². The van der Waals surface area contributed by atoms with Gasteiger partial charge in [0.2, 0.25) is 6.23 Å². The second-order valence-corrected chi connectivity index (χ2v) is 7.61. The molecule has 2 aliphatic heterocycles. The van der Waals surface area contributed by atoms with E-state index in [9.17, 15) is 10.2 Å². The van der Waals surface area contributed by atoms with E-state index < -0.39 is 6.23 Å². The smallest absolute Gasteiger partial charge is 0.214 e. The Morgan fingerprint density at radius 3 is 2.67 bits per heavy atom. The summed E-state index contributed by atoms with van der Waals surface area (Å²) in [6.07, 6.45) is 0.173. The average Bonchev–Trinajstić information content (AvgIpc) is 3.21. The normalized spacial score (nSPS) is 19.5. The van der Waals surface area contributed by atoms with Crippen molar-refractivity contribution in [1.29, 1.82) is 0 Å². The summed E-state index contributed by atoms with van der Waals surface area (Å²) < 4.78 is 11.6. The Bertz CT molecular complexity index is 1160. The van der Waals surface area contributed by atoms with E-state index in [2.05, 4.69) is 6.07 Å². The highest BCUT2D eigenvalue weighted by molar-refractivity contribution is 6.04. The Balaban J connectivity index is 1.62. The molecule has 3 aromatic rings. The predicted octanol–water partition coefficient (Wildman–Crippen LogP) is 4.66. The van der Waals surface area contributed by atoms with Crippen molar-refractivity contribution in [2.45, 2.75) is 25.6 Å². The van der Waals surface area contributed by atoms with Crippen molar-refractivity contribution in [1.82, 2.24) is 5.01 Å². The fraction of sp³-hybridized carbons (Fsp3) is 0.208. The van der Waals surface area contributed by atoms with Gasteiger partial charge in [-0.1, -0.05) is 29.8 Å². The van der Waals surface area contributed by atoms with E-state index in [0.29, 0.717) is 12.2 Å². The number of aromatic hydroxyl groups is 2. The summed E-state index contributed by atoms with van der Waals surface area (Å²) in [6.45, 7) is 2.00. The van der Waals surface area contributed by atoms with Crippen molar-refractivity contribution in [3.8, 4) is 23.0 Å². The van der Waals surface area contributed by atoms with Gasteiger partial charge in [0.05, 0.1) is 18.9 Å². The molecule has 0 spiro atoms. The SMILES string of the molecule is COc1cc(C2Oc3ccccc3C3CC(c4cc(C)ccc4O)=NN32)ccc1O.